The molecule has 0 bridgehead atoms. The molecule has 2 aliphatic rings. The fourth-order valence-electron chi connectivity index (χ4n) is 2.09. The van der Waals surface area contributed by atoms with E-state index >= 15 is 0 Å². The monoisotopic (exact) mass is 237 g/mol. The van der Waals surface area contributed by atoms with Gasteiger partial charge in [0.2, 0.25) is 0 Å². The van der Waals surface area contributed by atoms with Gasteiger partial charge in [0.15, 0.2) is 0 Å². The summed E-state index contributed by atoms with van der Waals surface area (Å²) in [6, 6.07) is 2.53. The molecule has 0 aromatic carbocycles. The predicted octanol–water partition coefficient (Wildman–Crippen LogP) is 3.00. The van der Waals surface area contributed by atoms with Gasteiger partial charge in [-0.3, -0.25) is 0 Å². The molecule has 86 valence electrons. The van der Waals surface area contributed by atoms with Gasteiger partial charge in [0.05, 0.1) is 0 Å². The van der Waals surface area contributed by atoms with Gasteiger partial charge in [-0.15, -0.1) is 0 Å². The van der Waals surface area contributed by atoms with Crippen LogP contribution in [0.4, 0.5) is 5.82 Å². The molecule has 16 heavy (non-hydrogen) atoms. The van der Waals surface area contributed by atoms with E-state index in [4.69, 9.17) is 11.6 Å². The summed E-state index contributed by atoms with van der Waals surface area (Å²) in [7, 11) is 2.11. The van der Waals surface area contributed by atoms with E-state index in [1.165, 1.54) is 32.1 Å². The van der Waals surface area contributed by atoms with E-state index in [9.17, 15) is 0 Å². The first-order valence-corrected chi connectivity index (χ1v) is 6.39. The molecule has 0 amide bonds. The number of hydrogen-bond donors (Lipinski definition) is 0. The Hall–Kier alpha value is -0.830. The standard InChI is InChI=1S/C12H16ClN3/c1-16(9-3-2-4-9)11-7-10(13)14-12(15-11)8-5-6-8/h7-9H,2-6H2,1H3. The van der Waals surface area contributed by atoms with Gasteiger partial charge < -0.3 is 4.90 Å². The molecule has 1 aromatic rings. The van der Waals surface area contributed by atoms with Crippen molar-refractivity contribution < 1.29 is 0 Å². The first-order chi connectivity index (χ1) is 7.74. The summed E-state index contributed by atoms with van der Waals surface area (Å²) in [5.74, 6) is 2.49. The maximum absolute atomic E-state index is 6.05. The third kappa shape index (κ3) is 1.88. The molecule has 3 nitrogen and oxygen atoms in total. The predicted molar refractivity (Wildman–Crippen MR) is 65.1 cm³/mol. The molecule has 0 unspecified atom stereocenters. The van der Waals surface area contributed by atoms with Gasteiger partial charge in [0, 0.05) is 25.1 Å². The highest BCUT2D eigenvalue weighted by atomic mass is 35.5. The lowest BCUT2D eigenvalue weighted by Gasteiger charge is -2.35. The van der Waals surface area contributed by atoms with E-state index < -0.39 is 0 Å². The Morgan fingerprint density at radius 1 is 1.25 bits per heavy atom. The van der Waals surface area contributed by atoms with E-state index in [-0.39, 0.29) is 0 Å². The van der Waals surface area contributed by atoms with Crippen LogP contribution in [0.2, 0.25) is 5.15 Å². The van der Waals surface area contributed by atoms with Crippen LogP contribution in [0.15, 0.2) is 6.07 Å². The number of nitrogens with zero attached hydrogens (tertiary/aromatic N) is 3. The first kappa shape index (κ1) is 10.3. The van der Waals surface area contributed by atoms with Crippen LogP contribution in [0.3, 0.4) is 0 Å². The molecule has 0 radical (unpaired) electrons. The van der Waals surface area contributed by atoms with Gasteiger partial charge in [0.25, 0.3) is 0 Å². The minimum absolute atomic E-state index is 0.562. The van der Waals surface area contributed by atoms with Crippen molar-refractivity contribution in [1.82, 2.24) is 9.97 Å². The van der Waals surface area contributed by atoms with Crippen LogP contribution < -0.4 is 4.90 Å². The Bertz CT molecular complexity index is 399. The zero-order chi connectivity index (χ0) is 11.1. The normalized spacial score (nSPS) is 20.6. The molecule has 2 aliphatic carbocycles. The first-order valence-electron chi connectivity index (χ1n) is 6.01. The highest BCUT2D eigenvalue weighted by molar-refractivity contribution is 6.29. The molecule has 2 saturated carbocycles. The summed E-state index contributed by atoms with van der Waals surface area (Å²) < 4.78 is 0. The van der Waals surface area contributed by atoms with Crippen molar-refractivity contribution in [3.05, 3.63) is 17.0 Å². The summed E-state index contributed by atoms with van der Waals surface area (Å²) in [6.45, 7) is 0. The van der Waals surface area contributed by atoms with Crippen LogP contribution >= 0.6 is 11.6 Å². The number of rotatable bonds is 3. The van der Waals surface area contributed by atoms with Crippen molar-refractivity contribution in [3.63, 3.8) is 0 Å². The Labute approximate surface area is 101 Å². The molecule has 1 aromatic heterocycles. The van der Waals surface area contributed by atoms with Crippen molar-refractivity contribution in [2.75, 3.05) is 11.9 Å². The molecular formula is C12H16ClN3. The van der Waals surface area contributed by atoms with Crippen LogP contribution in [0.25, 0.3) is 0 Å². The number of halogens is 1. The fourth-order valence-corrected chi connectivity index (χ4v) is 2.27. The molecule has 0 spiro atoms. The molecule has 0 N–H and O–H groups in total. The average molecular weight is 238 g/mol. The lowest BCUT2D eigenvalue weighted by Crippen LogP contribution is -2.37. The highest BCUT2D eigenvalue weighted by Gasteiger charge is 2.29. The molecule has 0 atom stereocenters. The Kier molecular flexibility index (Phi) is 2.51. The molecule has 4 heteroatoms. The maximum Gasteiger partial charge on any atom is 0.135 e. The van der Waals surface area contributed by atoms with E-state index in [0.717, 1.165) is 11.6 Å². The van der Waals surface area contributed by atoms with Gasteiger partial charge in [-0.25, -0.2) is 9.97 Å². The van der Waals surface area contributed by atoms with Crippen molar-refractivity contribution >= 4 is 17.4 Å². The second kappa shape index (κ2) is 3.88. The summed E-state index contributed by atoms with van der Waals surface area (Å²) >= 11 is 6.05. The maximum atomic E-state index is 6.05. The van der Waals surface area contributed by atoms with E-state index in [0.29, 0.717) is 17.1 Å². The molecule has 0 aliphatic heterocycles. The Morgan fingerprint density at radius 3 is 2.56 bits per heavy atom. The van der Waals surface area contributed by atoms with Crippen LogP contribution in [0.1, 0.15) is 43.8 Å². The molecule has 3 rings (SSSR count). The minimum atomic E-state index is 0.562. The van der Waals surface area contributed by atoms with Crippen molar-refractivity contribution in [2.24, 2.45) is 0 Å². The fraction of sp³-hybridized carbons (Fsp3) is 0.667. The van der Waals surface area contributed by atoms with Gasteiger partial charge in [-0.2, -0.15) is 0 Å². The lowest BCUT2D eigenvalue weighted by atomic mass is 9.92. The largest absolute Gasteiger partial charge is 0.357 e. The zero-order valence-corrected chi connectivity index (χ0v) is 10.2. The minimum Gasteiger partial charge on any atom is -0.357 e. The summed E-state index contributed by atoms with van der Waals surface area (Å²) in [4.78, 5) is 11.2. The van der Waals surface area contributed by atoms with Gasteiger partial charge in [-0.05, 0) is 32.1 Å². The van der Waals surface area contributed by atoms with Gasteiger partial charge in [-0.1, -0.05) is 11.6 Å². The van der Waals surface area contributed by atoms with Crippen LogP contribution in [0.5, 0.6) is 0 Å². The second-order valence-corrected chi connectivity index (χ2v) is 5.26. The van der Waals surface area contributed by atoms with E-state index in [1.807, 2.05) is 6.07 Å². The summed E-state index contributed by atoms with van der Waals surface area (Å²) in [5, 5.41) is 0.582. The van der Waals surface area contributed by atoms with Crippen LogP contribution in [0, 0.1) is 0 Å². The number of anilines is 1. The molecule has 1 heterocycles. The molecular weight excluding hydrogens is 222 g/mol. The van der Waals surface area contributed by atoms with Gasteiger partial charge >= 0.3 is 0 Å². The van der Waals surface area contributed by atoms with Gasteiger partial charge in [0.1, 0.15) is 16.8 Å². The van der Waals surface area contributed by atoms with E-state index in [2.05, 4.69) is 21.9 Å². The van der Waals surface area contributed by atoms with Crippen LogP contribution in [-0.2, 0) is 0 Å². The highest BCUT2D eigenvalue weighted by Crippen LogP contribution is 2.39. The zero-order valence-electron chi connectivity index (χ0n) is 9.49. The second-order valence-electron chi connectivity index (χ2n) is 4.88. The average Bonchev–Trinajstić information content (AvgIpc) is 2.96. The third-order valence-corrected chi connectivity index (χ3v) is 3.82. The smallest absolute Gasteiger partial charge is 0.135 e. The molecule has 2 fully saturated rings. The van der Waals surface area contributed by atoms with Crippen LogP contribution in [-0.4, -0.2) is 23.1 Å². The SMILES string of the molecule is CN(c1cc(Cl)nc(C2CC2)n1)C1CCC1. The Morgan fingerprint density at radius 2 is 2.00 bits per heavy atom. The lowest BCUT2D eigenvalue weighted by molar-refractivity contribution is 0.399. The molecule has 0 saturated heterocycles. The Balaban J connectivity index is 1.86. The van der Waals surface area contributed by atoms with Crippen molar-refractivity contribution in [2.45, 2.75) is 44.1 Å². The van der Waals surface area contributed by atoms with Crippen molar-refractivity contribution in [1.29, 1.82) is 0 Å². The number of hydrogen-bond acceptors (Lipinski definition) is 3. The topological polar surface area (TPSA) is 29.0 Å². The number of aromatic nitrogens is 2. The summed E-state index contributed by atoms with van der Waals surface area (Å²) in [5.41, 5.74) is 0. The van der Waals surface area contributed by atoms with Crippen molar-refractivity contribution in [3.8, 4) is 0 Å². The third-order valence-electron chi connectivity index (χ3n) is 3.62. The summed E-state index contributed by atoms with van der Waals surface area (Å²) in [6.07, 6.45) is 6.32. The van der Waals surface area contributed by atoms with E-state index in [1.54, 1.807) is 0 Å². The quantitative estimate of drug-likeness (QED) is 0.757.